The minimum atomic E-state index is 0.138. The van der Waals surface area contributed by atoms with Gasteiger partial charge in [0.05, 0.1) is 0 Å². The first-order chi connectivity index (χ1) is 5.13. The summed E-state index contributed by atoms with van der Waals surface area (Å²) < 4.78 is 0. The lowest BCUT2D eigenvalue weighted by molar-refractivity contribution is 0.323. The molecule has 0 unspecified atom stereocenters. The fourth-order valence-corrected chi connectivity index (χ4v) is 0.541. The fourth-order valence-electron chi connectivity index (χ4n) is 0.541. The van der Waals surface area contributed by atoms with Gasteiger partial charge in [0, 0.05) is 11.3 Å². The summed E-state index contributed by atoms with van der Waals surface area (Å²) in [5.41, 5.74) is 0.442. The van der Waals surface area contributed by atoms with Gasteiger partial charge < -0.3 is 0 Å². The molecular weight excluding hydrogens is 144 g/mol. The summed E-state index contributed by atoms with van der Waals surface area (Å²) in [7, 11) is 0. The van der Waals surface area contributed by atoms with E-state index in [9.17, 15) is 0 Å². The second-order valence-electron chi connectivity index (χ2n) is 5.61. The molecule has 0 saturated carbocycles. The molecule has 0 aromatic heterocycles. The van der Waals surface area contributed by atoms with Crippen LogP contribution in [0.3, 0.4) is 0 Å². The van der Waals surface area contributed by atoms with Crippen LogP contribution < -0.4 is 0 Å². The van der Waals surface area contributed by atoms with E-state index < -0.39 is 0 Å². The molecule has 0 saturated heterocycles. The Labute approximate surface area is 77.8 Å². The predicted molar refractivity (Wildman–Crippen MR) is 55.9 cm³/mol. The second kappa shape index (κ2) is 3.52. The zero-order valence-corrected chi connectivity index (χ0v) is 9.58. The maximum absolute atomic E-state index is 3.31. The van der Waals surface area contributed by atoms with Gasteiger partial charge in [0.2, 0.25) is 0 Å². The molecule has 0 nitrogen and oxygen atoms in total. The van der Waals surface area contributed by atoms with E-state index in [1.807, 2.05) is 0 Å². The molecule has 0 aromatic rings. The molecule has 0 heterocycles. The van der Waals surface area contributed by atoms with Crippen molar-refractivity contribution < 1.29 is 0 Å². The molecule has 0 bridgehead atoms. The topological polar surface area (TPSA) is 0 Å². The van der Waals surface area contributed by atoms with Gasteiger partial charge in [0.15, 0.2) is 0 Å². The van der Waals surface area contributed by atoms with Crippen LogP contribution in [0.25, 0.3) is 0 Å². The lowest BCUT2D eigenvalue weighted by Gasteiger charge is -2.22. The minimum Gasteiger partial charge on any atom is -0.0991 e. The molecular formula is C12H22. The molecule has 0 aliphatic heterocycles. The number of hydrogen-bond acceptors (Lipinski definition) is 0. The van der Waals surface area contributed by atoms with Crippen molar-refractivity contribution in [2.45, 2.75) is 48.5 Å². The average Bonchev–Trinajstić information content (AvgIpc) is 1.78. The van der Waals surface area contributed by atoms with Gasteiger partial charge in [-0.2, -0.15) is 0 Å². The molecule has 0 N–H and O–H groups in total. The van der Waals surface area contributed by atoms with Crippen molar-refractivity contribution in [1.82, 2.24) is 0 Å². The lowest BCUT2D eigenvalue weighted by Crippen LogP contribution is -2.16. The maximum atomic E-state index is 3.31. The summed E-state index contributed by atoms with van der Waals surface area (Å²) in [4.78, 5) is 0. The zero-order chi connectivity index (χ0) is 9.99. The first kappa shape index (κ1) is 11.6. The zero-order valence-electron chi connectivity index (χ0n) is 9.58. The van der Waals surface area contributed by atoms with Crippen molar-refractivity contribution in [2.24, 2.45) is 16.7 Å². The van der Waals surface area contributed by atoms with Gasteiger partial charge in [-0.3, -0.25) is 0 Å². The quantitative estimate of drug-likeness (QED) is 0.481. The van der Waals surface area contributed by atoms with Gasteiger partial charge in [0.25, 0.3) is 0 Å². The molecule has 12 heavy (non-hydrogen) atoms. The normalized spacial score (nSPS) is 14.9. The monoisotopic (exact) mass is 166 g/mol. The summed E-state index contributed by atoms with van der Waals surface area (Å²) in [5.74, 6) is 7.06. The highest BCUT2D eigenvalue weighted by Gasteiger charge is 2.17. The highest BCUT2D eigenvalue weighted by atomic mass is 14.2. The Morgan fingerprint density at radius 2 is 1.33 bits per heavy atom. The molecule has 0 radical (unpaired) electrons. The van der Waals surface area contributed by atoms with Gasteiger partial charge in [0.1, 0.15) is 0 Å². The first-order valence-electron chi connectivity index (χ1n) is 4.65. The van der Waals surface area contributed by atoms with Crippen LogP contribution in [0, 0.1) is 28.6 Å². The van der Waals surface area contributed by atoms with Crippen molar-refractivity contribution in [2.75, 3.05) is 0 Å². The van der Waals surface area contributed by atoms with Crippen LogP contribution in [0.2, 0.25) is 0 Å². The fraction of sp³-hybridized carbons (Fsp3) is 0.833. The molecule has 1 atom stereocenters. The second-order valence-corrected chi connectivity index (χ2v) is 5.61. The largest absolute Gasteiger partial charge is 0.0991 e. The van der Waals surface area contributed by atoms with E-state index in [1.165, 1.54) is 0 Å². The molecule has 0 aliphatic rings. The van der Waals surface area contributed by atoms with Crippen LogP contribution in [0.4, 0.5) is 0 Å². The highest BCUT2D eigenvalue weighted by Crippen LogP contribution is 2.25. The Hall–Kier alpha value is -0.440. The van der Waals surface area contributed by atoms with Gasteiger partial charge in [-0.05, 0) is 26.2 Å². The predicted octanol–water partition coefficient (Wildman–Crippen LogP) is 3.72. The van der Waals surface area contributed by atoms with Crippen LogP contribution >= 0.6 is 0 Å². The van der Waals surface area contributed by atoms with E-state index in [0.717, 1.165) is 0 Å². The van der Waals surface area contributed by atoms with E-state index >= 15 is 0 Å². The van der Waals surface area contributed by atoms with Gasteiger partial charge in [-0.25, -0.2) is 0 Å². The van der Waals surface area contributed by atoms with Crippen LogP contribution in [-0.4, -0.2) is 0 Å². The third-order valence-corrected chi connectivity index (χ3v) is 1.96. The standard InChI is InChI=1S/C12H22/c1-10(12(5,6)7)8-9-11(2,3)4/h10H,1-7H3/t10-/m1/s1. The number of hydrogen-bond donors (Lipinski definition) is 0. The van der Waals surface area contributed by atoms with Crippen molar-refractivity contribution in [3.63, 3.8) is 0 Å². The van der Waals surface area contributed by atoms with Gasteiger partial charge in [-0.15, -0.1) is 0 Å². The third-order valence-electron chi connectivity index (χ3n) is 1.96. The maximum Gasteiger partial charge on any atom is 0.0230 e. The summed E-state index contributed by atoms with van der Waals surface area (Å²) >= 11 is 0. The lowest BCUT2D eigenvalue weighted by atomic mass is 9.82. The van der Waals surface area contributed by atoms with Crippen molar-refractivity contribution in [3.05, 3.63) is 0 Å². The summed E-state index contributed by atoms with van der Waals surface area (Å²) in [6.45, 7) is 15.3. The van der Waals surface area contributed by atoms with E-state index in [2.05, 4.69) is 60.3 Å². The van der Waals surface area contributed by atoms with Gasteiger partial charge in [-0.1, -0.05) is 39.5 Å². The number of rotatable bonds is 0. The Bertz CT molecular complexity index is 187. The van der Waals surface area contributed by atoms with Crippen molar-refractivity contribution >= 4 is 0 Å². The highest BCUT2D eigenvalue weighted by molar-refractivity contribution is 5.11. The molecule has 0 rings (SSSR count). The third kappa shape index (κ3) is 5.24. The average molecular weight is 166 g/mol. The molecule has 0 heteroatoms. The van der Waals surface area contributed by atoms with Crippen LogP contribution in [0.5, 0.6) is 0 Å². The molecule has 0 aliphatic carbocycles. The molecule has 70 valence electrons. The summed E-state index contributed by atoms with van der Waals surface area (Å²) in [6, 6.07) is 0. The Morgan fingerprint density at radius 1 is 0.917 bits per heavy atom. The van der Waals surface area contributed by atoms with Crippen LogP contribution in [-0.2, 0) is 0 Å². The Balaban J connectivity index is 4.34. The summed E-state index contributed by atoms with van der Waals surface area (Å²) in [6.07, 6.45) is 0. The van der Waals surface area contributed by atoms with Crippen LogP contribution in [0.1, 0.15) is 48.5 Å². The van der Waals surface area contributed by atoms with E-state index in [1.54, 1.807) is 0 Å². The van der Waals surface area contributed by atoms with Crippen LogP contribution in [0.15, 0.2) is 0 Å². The molecule has 0 spiro atoms. The van der Waals surface area contributed by atoms with E-state index in [-0.39, 0.29) is 5.41 Å². The van der Waals surface area contributed by atoms with Crippen molar-refractivity contribution in [1.29, 1.82) is 0 Å². The Morgan fingerprint density at radius 3 is 1.58 bits per heavy atom. The minimum absolute atomic E-state index is 0.138. The van der Waals surface area contributed by atoms with Gasteiger partial charge >= 0.3 is 0 Å². The summed E-state index contributed by atoms with van der Waals surface area (Å²) in [5, 5.41) is 0. The van der Waals surface area contributed by atoms with Crippen molar-refractivity contribution in [3.8, 4) is 11.8 Å². The van der Waals surface area contributed by atoms with E-state index in [4.69, 9.17) is 0 Å². The molecule has 0 amide bonds. The molecule has 0 fully saturated rings. The smallest absolute Gasteiger partial charge is 0.0230 e. The first-order valence-corrected chi connectivity index (χ1v) is 4.65. The Kier molecular flexibility index (Phi) is 3.39. The molecule has 0 aromatic carbocycles. The SMILES string of the molecule is C[C@H](C#CC(C)(C)C)C(C)(C)C. The van der Waals surface area contributed by atoms with E-state index in [0.29, 0.717) is 11.3 Å².